The van der Waals surface area contributed by atoms with Crippen molar-refractivity contribution in [2.45, 2.75) is 13.8 Å². The zero-order valence-corrected chi connectivity index (χ0v) is 19.1. The fourth-order valence-corrected chi connectivity index (χ4v) is 5.42. The van der Waals surface area contributed by atoms with Crippen LogP contribution in [0.2, 0.25) is 0 Å². The van der Waals surface area contributed by atoms with Crippen molar-refractivity contribution in [3.8, 4) is 0 Å². The molecule has 0 radical (unpaired) electrons. The van der Waals surface area contributed by atoms with Gasteiger partial charge in [0.15, 0.2) is 11.6 Å². The van der Waals surface area contributed by atoms with E-state index in [1.165, 1.54) is 23.5 Å². The molecule has 2 atom stereocenters. The Labute approximate surface area is 185 Å². The molecule has 0 aromatic heterocycles. The minimum atomic E-state index is -0.762. The normalized spacial score (nSPS) is 12.8. The third-order valence-electron chi connectivity index (χ3n) is 4.10. The number of hydrogen-bond donors (Lipinski definition) is 0. The van der Waals surface area contributed by atoms with Crippen LogP contribution in [0.4, 0.5) is 0 Å². The molecular formula is C22H22O2S4. The summed E-state index contributed by atoms with van der Waals surface area (Å²) in [5.41, 5.74) is 1.09. The maximum atomic E-state index is 13.4. The topological polar surface area (TPSA) is 34.1 Å². The largest absolute Gasteiger partial charge is 0.293 e. The van der Waals surface area contributed by atoms with Crippen molar-refractivity contribution in [1.82, 2.24) is 0 Å². The van der Waals surface area contributed by atoms with Crippen molar-refractivity contribution in [3.05, 3.63) is 71.8 Å². The van der Waals surface area contributed by atoms with E-state index in [4.69, 9.17) is 24.4 Å². The first-order chi connectivity index (χ1) is 13.5. The Kier molecular flexibility index (Phi) is 9.51. The van der Waals surface area contributed by atoms with Gasteiger partial charge in [-0.2, -0.15) is 0 Å². The molecule has 0 bridgehead atoms. The molecule has 0 spiro atoms. The molecule has 146 valence electrons. The number of hydrogen-bond acceptors (Lipinski definition) is 6. The minimum absolute atomic E-state index is 0.153. The highest BCUT2D eigenvalue weighted by Gasteiger charge is 2.40. The van der Waals surface area contributed by atoms with Gasteiger partial charge >= 0.3 is 0 Å². The smallest absolute Gasteiger partial charge is 0.172 e. The lowest BCUT2D eigenvalue weighted by atomic mass is 9.83. The van der Waals surface area contributed by atoms with Gasteiger partial charge in [-0.15, -0.1) is 23.5 Å². The zero-order valence-electron chi connectivity index (χ0n) is 15.8. The molecule has 0 saturated carbocycles. The number of thiocarbonyl (C=S) groups is 2. The minimum Gasteiger partial charge on any atom is -0.293 e. The molecule has 0 saturated heterocycles. The molecule has 2 nitrogen and oxygen atoms in total. The van der Waals surface area contributed by atoms with Crippen LogP contribution in [0.5, 0.6) is 0 Å². The van der Waals surface area contributed by atoms with Crippen molar-refractivity contribution in [2.75, 3.05) is 11.5 Å². The summed E-state index contributed by atoms with van der Waals surface area (Å²) in [7, 11) is 0. The van der Waals surface area contributed by atoms with Gasteiger partial charge in [0, 0.05) is 11.1 Å². The van der Waals surface area contributed by atoms with Gasteiger partial charge in [-0.1, -0.05) is 98.9 Å². The molecule has 2 unspecified atom stereocenters. The van der Waals surface area contributed by atoms with Gasteiger partial charge in [0.2, 0.25) is 0 Å². The predicted octanol–water partition coefficient (Wildman–Crippen LogP) is 6.15. The van der Waals surface area contributed by atoms with Crippen LogP contribution in [0.15, 0.2) is 60.7 Å². The number of thioether (sulfide) groups is 2. The van der Waals surface area contributed by atoms with E-state index in [1.54, 1.807) is 24.3 Å². The molecule has 0 heterocycles. The summed E-state index contributed by atoms with van der Waals surface area (Å²) in [6, 6.07) is 18.0. The summed E-state index contributed by atoms with van der Waals surface area (Å²) in [6.45, 7) is 3.96. The average Bonchev–Trinajstić information content (AvgIpc) is 2.72. The summed E-state index contributed by atoms with van der Waals surface area (Å²) in [5, 5.41) is 0. The molecule has 6 heteroatoms. The lowest BCUT2D eigenvalue weighted by molar-refractivity contribution is 0.0860. The van der Waals surface area contributed by atoms with E-state index in [2.05, 4.69) is 0 Å². The third-order valence-corrected chi connectivity index (χ3v) is 6.97. The van der Waals surface area contributed by atoms with Gasteiger partial charge < -0.3 is 0 Å². The summed E-state index contributed by atoms with van der Waals surface area (Å²) in [4.78, 5) is 26.9. The van der Waals surface area contributed by atoms with E-state index < -0.39 is 11.8 Å². The van der Waals surface area contributed by atoms with Crippen molar-refractivity contribution in [1.29, 1.82) is 0 Å². The van der Waals surface area contributed by atoms with Crippen molar-refractivity contribution in [2.24, 2.45) is 11.8 Å². The molecule has 0 aliphatic heterocycles. The molecule has 28 heavy (non-hydrogen) atoms. The first-order valence-corrected chi connectivity index (χ1v) is 11.8. The first kappa shape index (κ1) is 22.9. The monoisotopic (exact) mass is 446 g/mol. The molecule has 2 aromatic carbocycles. The van der Waals surface area contributed by atoms with Crippen LogP contribution in [-0.4, -0.2) is 31.5 Å². The summed E-state index contributed by atoms with van der Waals surface area (Å²) < 4.78 is 1.04. The Hall–Kier alpha value is -1.34. The van der Waals surface area contributed by atoms with Crippen LogP contribution in [0, 0.1) is 11.8 Å². The number of Topliss-reactive ketones (excluding diaryl/α,β-unsaturated/α-hetero) is 2. The standard InChI is InChI=1S/C22H22O2S4/c1-3-27-21(25)17(19(23)15-11-7-5-8-12-15)18(22(26)28-4-2)20(24)16-13-9-6-10-14-16/h5-14,17-18H,3-4H2,1-2H3. The Bertz CT molecular complexity index is 763. The summed E-state index contributed by atoms with van der Waals surface area (Å²) in [6.07, 6.45) is 0. The Morgan fingerprint density at radius 3 is 1.32 bits per heavy atom. The highest BCUT2D eigenvalue weighted by atomic mass is 32.2. The van der Waals surface area contributed by atoms with E-state index in [1.807, 2.05) is 50.2 Å². The number of benzene rings is 2. The molecule has 0 aliphatic rings. The number of carbonyl (C=O) groups excluding carboxylic acids is 2. The van der Waals surface area contributed by atoms with Gasteiger partial charge in [0.05, 0.1) is 20.2 Å². The molecule has 0 amide bonds. The zero-order chi connectivity index (χ0) is 20.5. The number of carbonyl (C=O) groups is 2. The third kappa shape index (κ3) is 5.83. The maximum Gasteiger partial charge on any atom is 0.172 e. The predicted molar refractivity (Wildman–Crippen MR) is 130 cm³/mol. The second-order valence-corrected chi connectivity index (χ2v) is 9.93. The van der Waals surface area contributed by atoms with Crippen LogP contribution in [-0.2, 0) is 0 Å². The first-order valence-electron chi connectivity index (χ1n) is 9.03. The van der Waals surface area contributed by atoms with Gasteiger partial charge in [-0.05, 0) is 11.5 Å². The van der Waals surface area contributed by atoms with Crippen LogP contribution in [0.3, 0.4) is 0 Å². The molecule has 0 aliphatic carbocycles. The number of ketones is 2. The van der Waals surface area contributed by atoms with Crippen LogP contribution in [0.1, 0.15) is 34.6 Å². The lowest BCUT2D eigenvalue weighted by Crippen LogP contribution is -2.38. The quantitative estimate of drug-likeness (QED) is 0.340. The average molecular weight is 447 g/mol. The second kappa shape index (κ2) is 11.6. The van der Waals surface area contributed by atoms with E-state index in [9.17, 15) is 9.59 Å². The molecule has 0 fully saturated rings. The fourth-order valence-electron chi connectivity index (χ4n) is 2.82. The number of rotatable bonds is 9. The van der Waals surface area contributed by atoms with Crippen molar-refractivity contribution < 1.29 is 9.59 Å². The summed E-state index contributed by atoms with van der Waals surface area (Å²) >= 11 is 14.1. The van der Waals surface area contributed by atoms with E-state index in [0.717, 1.165) is 11.5 Å². The maximum absolute atomic E-state index is 13.4. The van der Waals surface area contributed by atoms with Gasteiger partial charge in [-0.25, -0.2) is 0 Å². The highest BCUT2D eigenvalue weighted by Crippen LogP contribution is 2.32. The van der Waals surface area contributed by atoms with E-state index in [-0.39, 0.29) is 11.6 Å². The molecule has 0 N–H and O–H groups in total. The fraction of sp³-hybridized carbons (Fsp3) is 0.273. The van der Waals surface area contributed by atoms with Crippen LogP contribution >= 0.6 is 48.0 Å². The summed E-state index contributed by atoms with van der Waals surface area (Å²) in [5.74, 6) is -0.364. The molecule has 2 aromatic rings. The van der Waals surface area contributed by atoms with Gasteiger partial charge in [0.1, 0.15) is 0 Å². The van der Waals surface area contributed by atoms with Crippen molar-refractivity contribution >= 4 is 67.9 Å². The van der Waals surface area contributed by atoms with Gasteiger partial charge in [0.25, 0.3) is 0 Å². The lowest BCUT2D eigenvalue weighted by Gasteiger charge is -2.26. The van der Waals surface area contributed by atoms with Crippen LogP contribution in [0.25, 0.3) is 0 Å². The SMILES string of the molecule is CCSC(=S)C(C(=O)c1ccccc1)C(C(=O)c1ccccc1)C(=S)SCC. The second-order valence-electron chi connectivity index (χ2n) is 5.92. The highest BCUT2D eigenvalue weighted by molar-refractivity contribution is 8.24. The van der Waals surface area contributed by atoms with Crippen LogP contribution < -0.4 is 0 Å². The van der Waals surface area contributed by atoms with E-state index in [0.29, 0.717) is 19.5 Å². The molecular weight excluding hydrogens is 425 g/mol. The van der Waals surface area contributed by atoms with E-state index >= 15 is 0 Å². The Morgan fingerprint density at radius 1 is 0.714 bits per heavy atom. The molecule has 2 rings (SSSR count). The Balaban J connectivity index is 2.54. The van der Waals surface area contributed by atoms with Crippen molar-refractivity contribution in [3.63, 3.8) is 0 Å². The van der Waals surface area contributed by atoms with Gasteiger partial charge in [-0.3, -0.25) is 9.59 Å². The Morgan fingerprint density at radius 2 is 1.04 bits per heavy atom.